The number of carbonyl (C=O) groups excluding carboxylic acids is 3. The van der Waals surface area contributed by atoms with Crippen LogP contribution in [0.3, 0.4) is 0 Å². The third-order valence-corrected chi connectivity index (χ3v) is 8.06. The second kappa shape index (κ2) is 13.2. The van der Waals surface area contributed by atoms with Crippen molar-refractivity contribution in [2.24, 2.45) is 17.3 Å². The number of methoxy groups -OCH3 is 1. The molecule has 2 heterocycles. The number of piperidine rings is 2. The summed E-state index contributed by atoms with van der Waals surface area (Å²) in [5.74, 6) is -0.790. The smallest absolute Gasteiger partial charge is 0.407 e. The minimum Gasteiger partial charge on any atom is -0.508 e. The number of carbonyl (C=O) groups is 4. The number of aromatic hydroxyl groups is 1. The summed E-state index contributed by atoms with van der Waals surface area (Å²) in [6, 6.07) is 5.67. The van der Waals surface area contributed by atoms with Crippen LogP contribution in [0.25, 0.3) is 0 Å². The van der Waals surface area contributed by atoms with Crippen LogP contribution in [-0.2, 0) is 19.1 Å². The van der Waals surface area contributed by atoms with Crippen LogP contribution in [0, 0.1) is 17.3 Å². The summed E-state index contributed by atoms with van der Waals surface area (Å²) in [6.07, 6.45) is 2.94. The lowest BCUT2D eigenvalue weighted by Crippen LogP contribution is -2.51. The molecule has 3 rings (SSSR count). The van der Waals surface area contributed by atoms with Crippen molar-refractivity contribution in [2.45, 2.75) is 77.8 Å². The van der Waals surface area contributed by atoms with E-state index < -0.39 is 24.0 Å². The van der Waals surface area contributed by atoms with E-state index in [-0.39, 0.29) is 41.4 Å². The summed E-state index contributed by atoms with van der Waals surface area (Å²) < 4.78 is 4.79. The highest BCUT2D eigenvalue weighted by Gasteiger charge is 2.39. The Morgan fingerprint density at radius 1 is 1.15 bits per heavy atom. The molecule has 1 aromatic carbocycles. The molecule has 3 amide bonds. The minimum absolute atomic E-state index is 0.0135. The first-order chi connectivity index (χ1) is 18.4. The van der Waals surface area contributed by atoms with Crippen molar-refractivity contribution in [3.8, 4) is 5.75 Å². The van der Waals surface area contributed by atoms with E-state index >= 15 is 0 Å². The summed E-state index contributed by atoms with van der Waals surface area (Å²) in [6.45, 7) is 7.55. The van der Waals surface area contributed by atoms with Crippen LogP contribution in [0.15, 0.2) is 24.3 Å². The van der Waals surface area contributed by atoms with Crippen molar-refractivity contribution in [1.82, 2.24) is 15.1 Å². The molecule has 0 saturated carbocycles. The van der Waals surface area contributed by atoms with Crippen molar-refractivity contribution < 1.29 is 34.1 Å². The van der Waals surface area contributed by atoms with Gasteiger partial charge in [0.25, 0.3) is 0 Å². The van der Waals surface area contributed by atoms with Gasteiger partial charge in [-0.1, -0.05) is 32.9 Å². The number of esters is 1. The lowest BCUT2D eigenvalue weighted by Gasteiger charge is -2.44. The predicted octanol–water partition coefficient (Wildman–Crippen LogP) is 3.94. The maximum absolute atomic E-state index is 13.2. The molecule has 2 aliphatic heterocycles. The quantitative estimate of drug-likeness (QED) is 0.421. The van der Waals surface area contributed by atoms with E-state index in [0.717, 1.165) is 12.8 Å². The predicted molar refractivity (Wildman–Crippen MR) is 145 cm³/mol. The highest BCUT2D eigenvalue weighted by atomic mass is 16.5. The molecule has 2 saturated heterocycles. The minimum atomic E-state index is -0.889. The molecule has 0 radical (unpaired) electrons. The molecule has 3 N–H and O–H groups in total. The normalized spacial score (nSPS) is 22.6. The molecule has 4 atom stereocenters. The largest absolute Gasteiger partial charge is 0.508 e. The van der Waals surface area contributed by atoms with Crippen molar-refractivity contribution >= 4 is 23.9 Å². The Morgan fingerprint density at radius 2 is 1.90 bits per heavy atom. The van der Waals surface area contributed by atoms with Crippen LogP contribution in [0.2, 0.25) is 0 Å². The van der Waals surface area contributed by atoms with Gasteiger partial charge in [0.05, 0.1) is 25.5 Å². The van der Waals surface area contributed by atoms with Crippen molar-refractivity contribution in [1.29, 1.82) is 0 Å². The number of ether oxygens (including phenoxy) is 1. The fourth-order valence-electron chi connectivity index (χ4n) is 5.79. The first-order valence-corrected chi connectivity index (χ1v) is 13.8. The van der Waals surface area contributed by atoms with E-state index in [1.54, 1.807) is 17.0 Å². The zero-order chi connectivity index (χ0) is 28.7. The summed E-state index contributed by atoms with van der Waals surface area (Å²) in [5, 5.41) is 22.4. The first-order valence-electron chi connectivity index (χ1n) is 13.8. The SMILES string of the molecule is COC(=O)C[C@H](NC(=O)[C@@H]1CCCN(C(=O)CCC2CCN(C(=O)O)C(C(C)(C)C)C2)C1)c1cccc(O)c1. The van der Waals surface area contributed by atoms with Gasteiger partial charge in [-0.25, -0.2) is 4.79 Å². The highest BCUT2D eigenvalue weighted by Crippen LogP contribution is 2.36. The standard InChI is InChI=1S/C29H43N3O7/c1-29(2,3)24-15-19(12-14-32(24)28(37)38)10-11-25(34)31-13-6-8-21(18-31)27(36)30-23(17-26(35)39-4)20-7-5-9-22(33)16-20/h5,7,9,16,19,21,23-24,33H,6,8,10-15,17-18H2,1-4H3,(H,30,36)(H,37,38)/t19?,21-,23+,24?/m1/s1. The summed E-state index contributed by atoms with van der Waals surface area (Å²) in [5.41, 5.74) is 0.415. The Bertz CT molecular complexity index is 1040. The molecule has 2 unspecified atom stereocenters. The number of likely N-dealkylation sites (tertiary alicyclic amines) is 2. The summed E-state index contributed by atoms with van der Waals surface area (Å²) in [7, 11) is 1.28. The van der Waals surface area contributed by atoms with Gasteiger partial charge in [0.2, 0.25) is 11.8 Å². The van der Waals surface area contributed by atoms with E-state index in [2.05, 4.69) is 26.1 Å². The van der Waals surface area contributed by atoms with Crippen LogP contribution in [-0.4, -0.2) is 76.7 Å². The molecule has 216 valence electrons. The van der Waals surface area contributed by atoms with Gasteiger partial charge < -0.3 is 30.1 Å². The van der Waals surface area contributed by atoms with Crippen LogP contribution in [0.5, 0.6) is 5.75 Å². The van der Waals surface area contributed by atoms with Crippen LogP contribution >= 0.6 is 0 Å². The molecule has 10 nitrogen and oxygen atoms in total. The number of rotatable bonds is 8. The van der Waals surface area contributed by atoms with Crippen LogP contribution < -0.4 is 5.32 Å². The summed E-state index contributed by atoms with van der Waals surface area (Å²) >= 11 is 0. The van der Waals surface area contributed by atoms with Gasteiger partial charge in [0.1, 0.15) is 5.75 Å². The Kier molecular flexibility index (Phi) is 10.2. The third-order valence-electron chi connectivity index (χ3n) is 8.06. The molecule has 1 aromatic rings. The average Bonchev–Trinajstić information content (AvgIpc) is 2.90. The van der Waals surface area contributed by atoms with E-state index in [1.165, 1.54) is 24.1 Å². The van der Waals surface area contributed by atoms with Crippen molar-refractivity contribution in [3.05, 3.63) is 29.8 Å². The molecule has 0 aliphatic carbocycles. The topological polar surface area (TPSA) is 136 Å². The maximum atomic E-state index is 13.2. The fourth-order valence-corrected chi connectivity index (χ4v) is 5.79. The first kappa shape index (κ1) is 30.2. The van der Waals surface area contributed by atoms with Gasteiger partial charge >= 0.3 is 12.1 Å². The summed E-state index contributed by atoms with van der Waals surface area (Å²) in [4.78, 5) is 53.3. The van der Waals surface area contributed by atoms with Gasteiger partial charge in [0, 0.05) is 32.1 Å². The number of nitrogens with zero attached hydrogens (tertiary/aromatic N) is 2. The molecule has 39 heavy (non-hydrogen) atoms. The Hall–Kier alpha value is -3.30. The third kappa shape index (κ3) is 8.34. The lowest BCUT2D eigenvalue weighted by molar-refractivity contribution is -0.141. The lowest BCUT2D eigenvalue weighted by atomic mass is 9.76. The Balaban J connectivity index is 1.57. The average molecular weight is 546 g/mol. The molecule has 2 aliphatic rings. The van der Waals surface area contributed by atoms with Crippen LogP contribution in [0.4, 0.5) is 4.79 Å². The second-order valence-corrected chi connectivity index (χ2v) is 11.9. The Labute approximate surface area is 230 Å². The number of phenolic OH excluding ortho intramolecular Hbond substituents is 1. The zero-order valence-electron chi connectivity index (χ0n) is 23.5. The highest BCUT2D eigenvalue weighted by molar-refractivity contribution is 5.82. The number of hydrogen-bond donors (Lipinski definition) is 3. The molecule has 10 heteroatoms. The van der Waals surface area contributed by atoms with Gasteiger partial charge in [-0.2, -0.15) is 0 Å². The van der Waals surface area contributed by atoms with Crippen molar-refractivity contribution in [2.75, 3.05) is 26.7 Å². The molecular weight excluding hydrogens is 502 g/mol. The van der Waals surface area contributed by atoms with Crippen LogP contribution in [0.1, 0.15) is 77.3 Å². The molecular formula is C29H43N3O7. The number of carboxylic acid groups (broad SMARTS) is 1. The van der Waals surface area contributed by atoms with Gasteiger partial charge in [0.15, 0.2) is 0 Å². The van der Waals surface area contributed by atoms with Gasteiger partial charge in [-0.15, -0.1) is 0 Å². The Morgan fingerprint density at radius 3 is 2.54 bits per heavy atom. The monoisotopic (exact) mass is 545 g/mol. The number of hydrogen-bond acceptors (Lipinski definition) is 6. The maximum Gasteiger partial charge on any atom is 0.407 e. The molecule has 0 aromatic heterocycles. The van der Waals surface area contributed by atoms with E-state index in [1.807, 2.05) is 0 Å². The fraction of sp³-hybridized carbons (Fsp3) is 0.655. The molecule has 0 spiro atoms. The number of amides is 3. The van der Waals surface area contributed by atoms with Gasteiger partial charge in [-0.3, -0.25) is 14.4 Å². The number of benzene rings is 1. The molecule has 2 fully saturated rings. The van der Waals surface area contributed by atoms with E-state index in [4.69, 9.17) is 4.74 Å². The second-order valence-electron chi connectivity index (χ2n) is 11.9. The van der Waals surface area contributed by atoms with Gasteiger partial charge in [-0.05, 0) is 61.1 Å². The number of nitrogens with one attached hydrogen (secondary N) is 1. The van der Waals surface area contributed by atoms with E-state index in [9.17, 15) is 29.4 Å². The number of phenols is 1. The molecule has 0 bridgehead atoms. The van der Waals surface area contributed by atoms with Crippen molar-refractivity contribution in [3.63, 3.8) is 0 Å². The zero-order valence-corrected chi connectivity index (χ0v) is 23.5. The van der Waals surface area contributed by atoms with E-state index in [0.29, 0.717) is 50.9 Å².